The summed E-state index contributed by atoms with van der Waals surface area (Å²) < 4.78 is 0. The van der Waals surface area contributed by atoms with Crippen LogP contribution in [0.3, 0.4) is 0 Å². The van der Waals surface area contributed by atoms with E-state index in [0.29, 0.717) is 23.4 Å². The molecule has 1 aliphatic heterocycles. The maximum absolute atomic E-state index is 11.9. The first-order chi connectivity index (χ1) is 15.2. The molecule has 3 aromatic carbocycles. The number of benzene rings is 3. The lowest BCUT2D eigenvalue weighted by Crippen LogP contribution is -2.51. The minimum atomic E-state index is -1.49. The molecule has 5 nitrogen and oxygen atoms in total. The van der Waals surface area contributed by atoms with E-state index < -0.39 is 5.60 Å². The summed E-state index contributed by atoms with van der Waals surface area (Å²) in [6, 6.07) is 29.4. The Morgan fingerprint density at radius 3 is 1.65 bits per heavy atom. The van der Waals surface area contributed by atoms with Crippen LogP contribution in [0.1, 0.15) is 16.7 Å². The summed E-state index contributed by atoms with van der Waals surface area (Å²) >= 11 is 0. The average molecular weight is 416 g/mol. The number of aliphatic hydroxyl groups is 1. The molecule has 160 valence electrons. The summed E-state index contributed by atoms with van der Waals surface area (Å²) in [5.41, 5.74) is 1.55. The van der Waals surface area contributed by atoms with Crippen molar-refractivity contribution in [2.24, 2.45) is 5.16 Å². The van der Waals surface area contributed by atoms with Crippen molar-refractivity contribution in [1.29, 1.82) is 0 Å². The maximum Gasteiger partial charge on any atom is 0.158 e. The summed E-state index contributed by atoms with van der Waals surface area (Å²) in [5.74, 6) is 0. The van der Waals surface area contributed by atoms with Crippen LogP contribution in [0.15, 0.2) is 96.2 Å². The quantitative estimate of drug-likeness (QED) is 0.352. The molecule has 1 fully saturated rings. The summed E-state index contributed by atoms with van der Waals surface area (Å²) in [7, 11) is 0. The number of hydrogen-bond acceptors (Lipinski definition) is 5. The van der Waals surface area contributed by atoms with E-state index in [-0.39, 0.29) is 0 Å². The Kier molecular flexibility index (Phi) is 6.77. The zero-order valence-corrected chi connectivity index (χ0v) is 17.6. The summed E-state index contributed by atoms with van der Waals surface area (Å²) in [5, 5.41) is 25.4. The van der Waals surface area contributed by atoms with Gasteiger partial charge in [-0.2, -0.15) is 0 Å². The standard InChI is InChI=1S/C26H29N3O2/c30-26(23-12-6-2-7-13-23,24-14-8-3-9-15-24)25(27-31)21-29-18-16-28(17-19-29)20-22-10-4-1-5-11-22/h1-15,30-31H,16-21H2/b27-25+. The molecule has 3 aromatic rings. The van der Waals surface area contributed by atoms with Crippen LogP contribution in [-0.2, 0) is 12.1 Å². The molecular weight excluding hydrogens is 386 g/mol. The van der Waals surface area contributed by atoms with Gasteiger partial charge in [-0.05, 0) is 16.7 Å². The minimum Gasteiger partial charge on any atom is -0.411 e. The number of hydrogen-bond donors (Lipinski definition) is 2. The Labute approximate surface area is 183 Å². The second-order valence-corrected chi connectivity index (χ2v) is 8.03. The Bertz CT molecular complexity index is 930. The zero-order valence-electron chi connectivity index (χ0n) is 17.6. The molecule has 0 aromatic heterocycles. The largest absolute Gasteiger partial charge is 0.411 e. The first-order valence-corrected chi connectivity index (χ1v) is 10.7. The molecule has 4 rings (SSSR count). The molecule has 1 aliphatic rings. The fourth-order valence-electron chi connectivity index (χ4n) is 4.24. The van der Waals surface area contributed by atoms with E-state index in [1.807, 2.05) is 66.7 Å². The highest BCUT2D eigenvalue weighted by Crippen LogP contribution is 2.32. The molecule has 2 N–H and O–H groups in total. The molecule has 0 amide bonds. The summed E-state index contributed by atoms with van der Waals surface area (Å²) in [6.45, 7) is 4.91. The molecule has 0 spiro atoms. The third-order valence-corrected chi connectivity index (χ3v) is 6.01. The van der Waals surface area contributed by atoms with Crippen molar-refractivity contribution in [2.45, 2.75) is 12.1 Å². The van der Waals surface area contributed by atoms with Gasteiger partial charge in [0.1, 0.15) is 5.71 Å². The van der Waals surface area contributed by atoms with Gasteiger partial charge in [0.2, 0.25) is 0 Å². The smallest absolute Gasteiger partial charge is 0.158 e. The summed E-state index contributed by atoms with van der Waals surface area (Å²) in [4.78, 5) is 4.68. The van der Waals surface area contributed by atoms with E-state index in [9.17, 15) is 10.3 Å². The van der Waals surface area contributed by atoms with Crippen molar-refractivity contribution in [1.82, 2.24) is 9.80 Å². The SMILES string of the molecule is O/N=C(\CN1CCN(Cc2ccccc2)CC1)C(O)(c1ccccc1)c1ccccc1. The first kappa shape index (κ1) is 21.2. The van der Waals surface area contributed by atoms with E-state index in [0.717, 1.165) is 32.7 Å². The van der Waals surface area contributed by atoms with E-state index >= 15 is 0 Å². The van der Waals surface area contributed by atoms with Crippen molar-refractivity contribution < 1.29 is 10.3 Å². The normalized spacial score (nSPS) is 16.4. The Morgan fingerprint density at radius 2 is 1.16 bits per heavy atom. The highest BCUT2D eigenvalue weighted by Gasteiger charge is 2.39. The van der Waals surface area contributed by atoms with Crippen LogP contribution in [-0.4, -0.2) is 58.5 Å². The molecule has 1 heterocycles. The molecule has 0 aliphatic carbocycles. The molecule has 0 atom stereocenters. The second-order valence-electron chi connectivity index (χ2n) is 8.03. The van der Waals surface area contributed by atoms with E-state index in [2.05, 4.69) is 39.2 Å². The molecule has 0 radical (unpaired) electrons. The highest BCUT2D eigenvalue weighted by molar-refractivity contribution is 5.97. The monoisotopic (exact) mass is 415 g/mol. The third kappa shape index (κ3) is 4.85. The molecule has 0 saturated carbocycles. The van der Waals surface area contributed by atoms with E-state index in [1.54, 1.807) is 0 Å². The van der Waals surface area contributed by atoms with Crippen molar-refractivity contribution in [3.8, 4) is 0 Å². The Morgan fingerprint density at radius 1 is 0.710 bits per heavy atom. The second kappa shape index (κ2) is 9.88. The number of piperazine rings is 1. The van der Waals surface area contributed by atoms with Crippen LogP contribution in [0.4, 0.5) is 0 Å². The van der Waals surface area contributed by atoms with Crippen molar-refractivity contribution >= 4 is 5.71 Å². The van der Waals surface area contributed by atoms with Gasteiger partial charge in [0, 0.05) is 39.3 Å². The maximum atomic E-state index is 11.9. The molecule has 0 bridgehead atoms. The van der Waals surface area contributed by atoms with E-state index in [4.69, 9.17) is 0 Å². The third-order valence-electron chi connectivity index (χ3n) is 6.01. The van der Waals surface area contributed by atoms with Gasteiger partial charge >= 0.3 is 0 Å². The topological polar surface area (TPSA) is 59.3 Å². The van der Waals surface area contributed by atoms with Crippen LogP contribution in [0.2, 0.25) is 0 Å². The predicted octanol–water partition coefficient (Wildman–Crippen LogP) is 3.57. The fourth-order valence-corrected chi connectivity index (χ4v) is 4.24. The van der Waals surface area contributed by atoms with Crippen LogP contribution >= 0.6 is 0 Å². The molecule has 0 unspecified atom stereocenters. The van der Waals surface area contributed by atoms with Gasteiger partial charge in [-0.15, -0.1) is 0 Å². The van der Waals surface area contributed by atoms with Gasteiger partial charge < -0.3 is 10.3 Å². The predicted molar refractivity (Wildman–Crippen MR) is 123 cm³/mol. The minimum absolute atomic E-state index is 0.335. The van der Waals surface area contributed by atoms with Crippen LogP contribution in [0, 0.1) is 0 Å². The zero-order chi connectivity index (χ0) is 21.5. The van der Waals surface area contributed by atoms with Crippen LogP contribution in [0.25, 0.3) is 0 Å². The number of nitrogens with zero attached hydrogens (tertiary/aromatic N) is 3. The van der Waals surface area contributed by atoms with Gasteiger partial charge in [-0.3, -0.25) is 9.80 Å². The number of oxime groups is 1. The van der Waals surface area contributed by atoms with E-state index in [1.165, 1.54) is 5.56 Å². The number of rotatable bonds is 7. The van der Waals surface area contributed by atoms with Gasteiger partial charge in [0.25, 0.3) is 0 Å². The van der Waals surface area contributed by atoms with Gasteiger partial charge in [-0.25, -0.2) is 0 Å². The Hall–Kier alpha value is -2.99. The van der Waals surface area contributed by atoms with Crippen molar-refractivity contribution in [2.75, 3.05) is 32.7 Å². The highest BCUT2D eigenvalue weighted by atomic mass is 16.4. The Balaban J connectivity index is 1.49. The lowest BCUT2D eigenvalue weighted by molar-refractivity contribution is 0.119. The summed E-state index contributed by atoms with van der Waals surface area (Å²) in [6.07, 6.45) is 0. The molecule has 31 heavy (non-hydrogen) atoms. The van der Waals surface area contributed by atoms with Gasteiger partial charge in [0.05, 0.1) is 0 Å². The molecule has 1 saturated heterocycles. The van der Waals surface area contributed by atoms with Crippen molar-refractivity contribution in [3.63, 3.8) is 0 Å². The fraction of sp³-hybridized carbons (Fsp3) is 0.269. The lowest BCUT2D eigenvalue weighted by Gasteiger charge is -2.37. The van der Waals surface area contributed by atoms with Crippen LogP contribution in [0.5, 0.6) is 0 Å². The average Bonchev–Trinajstić information content (AvgIpc) is 2.85. The van der Waals surface area contributed by atoms with Gasteiger partial charge in [0.15, 0.2) is 5.60 Å². The lowest BCUT2D eigenvalue weighted by atomic mass is 9.82. The first-order valence-electron chi connectivity index (χ1n) is 10.7. The van der Waals surface area contributed by atoms with Crippen LogP contribution < -0.4 is 0 Å². The molecule has 5 heteroatoms. The molecular formula is C26H29N3O2. The van der Waals surface area contributed by atoms with Gasteiger partial charge in [-0.1, -0.05) is 96.2 Å². The van der Waals surface area contributed by atoms with Crippen molar-refractivity contribution in [3.05, 3.63) is 108 Å².